The van der Waals surface area contributed by atoms with E-state index in [0.717, 1.165) is 4.90 Å². The van der Waals surface area contributed by atoms with Crippen molar-refractivity contribution in [1.29, 1.82) is 5.41 Å². The smallest absolute Gasteiger partial charge is 0.127 e. The van der Waals surface area contributed by atoms with E-state index in [-0.39, 0.29) is 5.84 Å². The van der Waals surface area contributed by atoms with Gasteiger partial charge in [0, 0.05) is 11.1 Å². The van der Waals surface area contributed by atoms with E-state index in [1.165, 1.54) is 29.2 Å². The van der Waals surface area contributed by atoms with E-state index in [9.17, 15) is 0 Å². The highest BCUT2D eigenvalue weighted by molar-refractivity contribution is 7.99. The third-order valence-electron chi connectivity index (χ3n) is 2.66. The molecule has 2 aromatic rings. The second-order valence-corrected chi connectivity index (χ2v) is 5.07. The molecular formula is C13H14N4S. The van der Waals surface area contributed by atoms with Gasteiger partial charge in [-0.25, -0.2) is 9.97 Å². The standard InChI is InChI=1S/C13H14N4S/c1-8-3-4-10(5-9(8)2)18-13-11(12(14)15)6-16-7-17-13/h3-7H,1-2H3,(H3,14,15). The fourth-order valence-corrected chi connectivity index (χ4v) is 2.44. The van der Waals surface area contributed by atoms with Crippen molar-refractivity contribution in [3.63, 3.8) is 0 Å². The molecule has 0 radical (unpaired) electrons. The van der Waals surface area contributed by atoms with Crippen LogP contribution in [-0.2, 0) is 0 Å². The maximum Gasteiger partial charge on any atom is 0.127 e. The number of nitrogens with zero attached hydrogens (tertiary/aromatic N) is 2. The average molecular weight is 258 g/mol. The molecule has 1 aromatic carbocycles. The van der Waals surface area contributed by atoms with Gasteiger partial charge < -0.3 is 5.73 Å². The van der Waals surface area contributed by atoms with E-state index in [4.69, 9.17) is 11.1 Å². The minimum atomic E-state index is -0.0121. The molecule has 0 bridgehead atoms. The van der Waals surface area contributed by atoms with Gasteiger partial charge >= 0.3 is 0 Å². The number of amidine groups is 1. The number of hydrogen-bond donors (Lipinski definition) is 2. The first kappa shape index (κ1) is 12.6. The number of aromatic nitrogens is 2. The topological polar surface area (TPSA) is 75.7 Å². The monoisotopic (exact) mass is 258 g/mol. The first-order valence-corrected chi connectivity index (χ1v) is 6.29. The maximum absolute atomic E-state index is 7.50. The third kappa shape index (κ3) is 2.68. The van der Waals surface area contributed by atoms with Crippen LogP contribution in [0.4, 0.5) is 0 Å². The van der Waals surface area contributed by atoms with Crippen molar-refractivity contribution >= 4 is 17.6 Å². The first-order valence-electron chi connectivity index (χ1n) is 5.47. The van der Waals surface area contributed by atoms with Crippen molar-refractivity contribution in [2.75, 3.05) is 0 Å². The molecule has 3 N–H and O–H groups in total. The van der Waals surface area contributed by atoms with Crippen molar-refractivity contribution in [2.24, 2.45) is 5.73 Å². The zero-order valence-electron chi connectivity index (χ0n) is 10.3. The summed E-state index contributed by atoms with van der Waals surface area (Å²) in [5.41, 5.74) is 8.58. The van der Waals surface area contributed by atoms with E-state index in [0.29, 0.717) is 10.6 Å². The molecule has 4 nitrogen and oxygen atoms in total. The number of nitrogens with one attached hydrogen (secondary N) is 1. The van der Waals surface area contributed by atoms with Gasteiger partial charge in [-0.3, -0.25) is 5.41 Å². The normalized spacial score (nSPS) is 10.3. The highest BCUT2D eigenvalue weighted by atomic mass is 32.2. The second-order valence-electron chi connectivity index (χ2n) is 4.00. The number of benzene rings is 1. The van der Waals surface area contributed by atoms with Crippen LogP contribution in [0.5, 0.6) is 0 Å². The Hall–Kier alpha value is -1.88. The molecule has 0 atom stereocenters. The van der Waals surface area contributed by atoms with Crippen LogP contribution in [0.2, 0.25) is 0 Å². The van der Waals surface area contributed by atoms with Crippen LogP contribution in [0.1, 0.15) is 16.7 Å². The molecule has 92 valence electrons. The largest absolute Gasteiger partial charge is 0.384 e. The average Bonchev–Trinajstić information content (AvgIpc) is 2.34. The Labute approximate surface area is 110 Å². The molecule has 1 aromatic heterocycles. The molecule has 0 fully saturated rings. The summed E-state index contributed by atoms with van der Waals surface area (Å²) in [6.07, 6.45) is 3.04. The summed E-state index contributed by atoms with van der Waals surface area (Å²) in [5.74, 6) is -0.0121. The van der Waals surface area contributed by atoms with Crippen molar-refractivity contribution in [2.45, 2.75) is 23.8 Å². The molecule has 0 unspecified atom stereocenters. The van der Waals surface area contributed by atoms with Gasteiger partial charge in [0.05, 0.1) is 5.56 Å². The fraction of sp³-hybridized carbons (Fsp3) is 0.154. The Balaban J connectivity index is 2.34. The molecule has 0 aliphatic rings. The maximum atomic E-state index is 7.50. The van der Waals surface area contributed by atoms with Gasteiger partial charge in [0.2, 0.25) is 0 Å². The van der Waals surface area contributed by atoms with Crippen LogP contribution in [0.25, 0.3) is 0 Å². The predicted octanol–water partition coefficient (Wildman–Crippen LogP) is 2.53. The first-order chi connectivity index (χ1) is 8.58. The molecule has 0 spiro atoms. The van der Waals surface area contributed by atoms with Crippen LogP contribution in [0, 0.1) is 19.3 Å². The lowest BCUT2D eigenvalue weighted by Gasteiger charge is -2.07. The Morgan fingerprint density at radius 1 is 1.28 bits per heavy atom. The Bertz CT molecular complexity index is 595. The Morgan fingerprint density at radius 2 is 2.06 bits per heavy atom. The van der Waals surface area contributed by atoms with Gasteiger partial charge in [-0.1, -0.05) is 17.8 Å². The minimum Gasteiger partial charge on any atom is -0.384 e. The molecular weight excluding hydrogens is 244 g/mol. The molecule has 0 aliphatic heterocycles. The van der Waals surface area contributed by atoms with Crippen molar-refractivity contribution in [3.05, 3.63) is 47.4 Å². The van der Waals surface area contributed by atoms with Crippen molar-refractivity contribution in [3.8, 4) is 0 Å². The summed E-state index contributed by atoms with van der Waals surface area (Å²) in [6.45, 7) is 4.15. The highest BCUT2D eigenvalue weighted by Crippen LogP contribution is 2.29. The van der Waals surface area contributed by atoms with Crippen LogP contribution in [0.15, 0.2) is 40.6 Å². The molecule has 0 aliphatic carbocycles. The third-order valence-corrected chi connectivity index (χ3v) is 3.67. The summed E-state index contributed by atoms with van der Waals surface area (Å²) in [5, 5.41) is 8.21. The number of hydrogen-bond acceptors (Lipinski definition) is 4. The van der Waals surface area contributed by atoms with Crippen molar-refractivity contribution < 1.29 is 0 Å². The molecule has 5 heteroatoms. The lowest BCUT2D eigenvalue weighted by Crippen LogP contribution is -2.13. The highest BCUT2D eigenvalue weighted by Gasteiger charge is 2.09. The van der Waals surface area contributed by atoms with E-state index in [2.05, 4.69) is 35.9 Å². The molecule has 2 rings (SSSR count). The summed E-state index contributed by atoms with van der Waals surface area (Å²) in [7, 11) is 0. The van der Waals surface area contributed by atoms with E-state index in [1.54, 1.807) is 6.20 Å². The molecule has 0 saturated carbocycles. The fourth-order valence-electron chi connectivity index (χ4n) is 1.47. The quantitative estimate of drug-likeness (QED) is 0.504. The number of nitrogen functional groups attached to an aromatic ring is 1. The van der Waals surface area contributed by atoms with Gasteiger partial charge in [-0.05, 0) is 37.1 Å². The summed E-state index contributed by atoms with van der Waals surface area (Å²) in [4.78, 5) is 9.16. The zero-order chi connectivity index (χ0) is 13.1. The zero-order valence-corrected chi connectivity index (χ0v) is 11.1. The van der Waals surface area contributed by atoms with Gasteiger partial charge in [0.15, 0.2) is 0 Å². The van der Waals surface area contributed by atoms with Crippen molar-refractivity contribution in [1.82, 2.24) is 9.97 Å². The van der Waals surface area contributed by atoms with Gasteiger partial charge in [0.25, 0.3) is 0 Å². The van der Waals surface area contributed by atoms with Crippen LogP contribution in [0.3, 0.4) is 0 Å². The van der Waals surface area contributed by atoms with Crippen LogP contribution >= 0.6 is 11.8 Å². The number of nitrogens with two attached hydrogens (primary N) is 1. The summed E-state index contributed by atoms with van der Waals surface area (Å²) < 4.78 is 0. The SMILES string of the molecule is Cc1ccc(Sc2ncncc2C(=N)N)cc1C. The molecule has 18 heavy (non-hydrogen) atoms. The Kier molecular flexibility index (Phi) is 3.62. The van der Waals surface area contributed by atoms with Gasteiger partial charge in [-0.2, -0.15) is 0 Å². The van der Waals surface area contributed by atoms with E-state index >= 15 is 0 Å². The lowest BCUT2D eigenvalue weighted by molar-refractivity contribution is 1.03. The lowest BCUT2D eigenvalue weighted by atomic mass is 10.1. The predicted molar refractivity (Wildman–Crippen MR) is 73.1 cm³/mol. The summed E-state index contributed by atoms with van der Waals surface area (Å²) in [6, 6.07) is 6.22. The van der Waals surface area contributed by atoms with Gasteiger partial charge in [0.1, 0.15) is 17.2 Å². The minimum absolute atomic E-state index is 0.0121. The second kappa shape index (κ2) is 5.18. The number of aryl methyl sites for hydroxylation is 2. The molecule has 1 heterocycles. The van der Waals surface area contributed by atoms with E-state index < -0.39 is 0 Å². The summed E-state index contributed by atoms with van der Waals surface area (Å²) >= 11 is 1.49. The molecule has 0 amide bonds. The van der Waals surface area contributed by atoms with E-state index in [1.807, 2.05) is 6.07 Å². The van der Waals surface area contributed by atoms with Gasteiger partial charge in [-0.15, -0.1) is 0 Å². The Morgan fingerprint density at radius 3 is 2.72 bits per heavy atom. The molecule has 0 saturated heterocycles. The van der Waals surface area contributed by atoms with Crippen LogP contribution in [-0.4, -0.2) is 15.8 Å². The van der Waals surface area contributed by atoms with Crippen LogP contribution < -0.4 is 5.73 Å². The number of rotatable bonds is 3.